The summed E-state index contributed by atoms with van der Waals surface area (Å²) in [7, 11) is 1.54. The zero-order valence-electron chi connectivity index (χ0n) is 10.6. The molecule has 1 atom stereocenters. The van der Waals surface area contributed by atoms with Gasteiger partial charge in [0.2, 0.25) is 0 Å². The zero-order valence-corrected chi connectivity index (χ0v) is 10.6. The molecule has 0 aromatic heterocycles. The number of nitro groups is 1. The summed E-state index contributed by atoms with van der Waals surface area (Å²) in [6.07, 6.45) is 0. The molecule has 1 rings (SSSR count). The minimum Gasteiger partial charge on any atom is -0.497 e. The molecule has 17 heavy (non-hydrogen) atoms. The van der Waals surface area contributed by atoms with Crippen molar-refractivity contribution < 1.29 is 9.66 Å². The number of hydrogen-bond donors (Lipinski definition) is 1. The lowest BCUT2D eigenvalue weighted by Crippen LogP contribution is -2.22. The van der Waals surface area contributed by atoms with Crippen LogP contribution in [0.15, 0.2) is 18.2 Å². The Hall–Kier alpha value is -1.78. The molecule has 1 aromatic carbocycles. The third kappa shape index (κ3) is 3.34. The summed E-state index contributed by atoms with van der Waals surface area (Å²) in [5.74, 6) is 0.995. The predicted molar refractivity (Wildman–Crippen MR) is 67.6 cm³/mol. The molecule has 0 bridgehead atoms. The molecule has 0 amide bonds. The van der Waals surface area contributed by atoms with Gasteiger partial charge in [0.25, 0.3) is 5.69 Å². The van der Waals surface area contributed by atoms with Gasteiger partial charge in [0.1, 0.15) is 11.4 Å². The van der Waals surface area contributed by atoms with Gasteiger partial charge in [-0.2, -0.15) is 0 Å². The monoisotopic (exact) mass is 238 g/mol. The van der Waals surface area contributed by atoms with E-state index < -0.39 is 4.92 Å². The number of nitro benzene ring substituents is 1. The molecular weight excluding hydrogens is 220 g/mol. The molecular formula is C12H18N2O3. The second-order valence-electron chi connectivity index (χ2n) is 4.32. The molecule has 0 radical (unpaired) electrons. The van der Waals surface area contributed by atoms with Crippen molar-refractivity contribution in [2.75, 3.05) is 12.4 Å². The zero-order chi connectivity index (χ0) is 13.0. The molecule has 0 spiro atoms. The van der Waals surface area contributed by atoms with Crippen LogP contribution in [0.4, 0.5) is 11.4 Å². The Balaban J connectivity index is 3.05. The number of hydrogen-bond acceptors (Lipinski definition) is 4. The van der Waals surface area contributed by atoms with Crippen LogP contribution >= 0.6 is 0 Å². The first-order chi connectivity index (χ1) is 7.95. The van der Waals surface area contributed by atoms with Crippen LogP contribution in [-0.2, 0) is 0 Å². The molecule has 0 aliphatic heterocycles. The lowest BCUT2D eigenvalue weighted by Gasteiger charge is -2.19. The van der Waals surface area contributed by atoms with Crippen molar-refractivity contribution in [3.63, 3.8) is 0 Å². The van der Waals surface area contributed by atoms with Gasteiger partial charge in [-0.05, 0) is 18.9 Å². The first kappa shape index (κ1) is 13.3. The van der Waals surface area contributed by atoms with Crippen molar-refractivity contribution in [3.05, 3.63) is 28.3 Å². The smallest absolute Gasteiger partial charge is 0.292 e. The van der Waals surface area contributed by atoms with E-state index in [0.717, 1.165) is 0 Å². The van der Waals surface area contributed by atoms with Crippen molar-refractivity contribution >= 4 is 11.4 Å². The standard InChI is InChI=1S/C12H18N2O3/c1-8(2)9(3)13-11-7-10(17-4)5-6-12(11)14(15)16/h5-9,13H,1-4H3. The third-order valence-electron chi connectivity index (χ3n) is 2.78. The van der Waals surface area contributed by atoms with Crippen LogP contribution in [0.25, 0.3) is 0 Å². The van der Waals surface area contributed by atoms with E-state index >= 15 is 0 Å². The van der Waals surface area contributed by atoms with E-state index in [9.17, 15) is 10.1 Å². The quantitative estimate of drug-likeness (QED) is 0.632. The van der Waals surface area contributed by atoms with Gasteiger partial charge in [-0.3, -0.25) is 10.1 Å². The maximum Gasteiger partial charge on any atom is 0.292 e. The van der Waals surface area contributed by atoms with Gasteiger partial charge >= 0.3 is 0 Å². The van der Waals surface area contributed by atoms with Gasteiger partial charge < -0.3 is 10.1 Å². The highest BCUT2D eigenvalue weighted by Gasteiger charge is 2.17. The highest BCUT2D eigenvalue weighted by molar-refractivity contribution is 5.64. The topological polar surface area (TPSA) is 64.4 Å². The molecule has 94 valence electrons. The van der Waals surface area contributed by atoms with E-state index in [1.807, 2.05) is 6.92 Å². The van der Waals surface area contributed by atoms with E-state index in [2.05, 4.69) is 19.2 Å². The van der Waals surface area contributed by atoms with E-state index in [1.54, 1.807) is 12.1 Å². The summed E-state index contributed by atoms with van der Waals surface area (Å²) in [5.41, 5.74) is 0.564. The molecule has 1 N–H and O–H groups in total. The molecule has 0 saturated heterocycles. The first-order valence-electron chi connectivity index (χ1n) is 5.54. The van der Waals surface area contributed by atoms with Gasteiger partial charge in [0.15, 0.2) is 0 Å². The second kappa shape index (κ2) is 5.52. The summed E-state index contributed by atoms with van der Waals surface area (Å²) in [4.78, 5) is 10.5. The predicted octanol–water partition coefficient (Wildman–Crippen LogP) is 3.06. The highest BCUT2D eigenvalue weighted by atomic mass is 16.6. The Morgan fingerprint density at radius 3 is 2.47 bits per heavy atom. The number of methoxy groups -OCH3 is 1. The normalized spacial score (nSPS) is 12.3. The van der Waals surface area contributed by atoms with Crippen molar-refractivity contribution in [3.8, 4) is 5.75 Å². The van der Waals surface area contributed by atoms with Crippen molar-refractivity contribution in [1.29, 1.82) is 0 Å². The van der Waals surface area contributed by atoms with Gasteiger partial charge in [-0.15, -0.1) is 0 Å². The Morgan fingerprint density at radius 1 is 1.35 bits per heavy atom. The Bertz CT molecular complexity index is 405. The number of rotatable bonds is 5. The Kier molecular flexibility index (Phi) is 4.31. The fourth-order valence-electron chi connectivity index (χ4n) is 1.33. The van der Waals surface area contributed by atoms with Crippen LogP contribution in [0.1, 0.15) is 20.8 Å². The Labute approximate surface area is 101 Å². The molecule has 0 heterocycles. The summed E-state index contributed by atoms with van der Waals surface area (Å²) in [6.45, 7) is 6.11. The molecule has 0 saturated carbocycles. The van der Waals surface area contributed by atoms with Crippen LogP contribution in [0, 0.1) is 16.0 Å². The summed E-state index contributed by atoms with van der Waals surface area (Å²) in [5, 5.41) is 14.0. The lowest BCUT2D eigenvalue weighted by molar-refractivity contribution is -0.384. The number of nitrogens with zero attached hydrogens (tertiary/aromatic N) is 1. The number of ether oxygens (including phenoxy) is 1. The number of nitrogens with one attached hydrogen (secondary N) is 1. The average Bonchev–Trinajstić information content (AvgIpc) is 2.28. The van der Waals surface area contributed by atoms with E-state index in [0.29, 0.717) is 17.4 Å². The van der Waals surface area contributed by atoms with Crippen molar-refractivity contribution in [1.82, 2.24) is 0 Å². The lowest BCUT2D eigenvalue weighted by atomic mass is 10.1. The van der Waals surface area contributed by atoms with Gasteiger partial charge in [-0.25, -0.2) is 0 Å². The van der Waals surface area contributed by atoms with E-state index in [-0.39, 0.29) is 11.7 Å². The number of anilines is 1. The van der Waals surface area contributed by atoms with Crippen LogP contribution in [0.2, 0.25) is 0 Å². The van der Waals surface area contributed by atoms with Gasteiger partial charge in [0, 0.05) is 18.2 Å². The highest BCUT2D eigenvalue weighted by Crippen LogP contribution is 2.29. The van der Waals surface area contributed by atoms with Crippen LogP contribution in [0.5, 0.6) is 5.75 Å². The average molecular weight is 238 g/mol. The molecule has 5 heteroatoms. The fourth-order valence-corrected chi connectivity index (χ4v) is 1.33. The molecule has 0 aliphatic carbocycles. The van der Waals surface area contributed by atoms with Crippen LogP contribution in [0.3, 0.4) is 0 Å². The maximum absolute atomic E-state index is 10.9. The third-order valence-corrected chi connectivity index (χ3v) is 2.78. The molecule has 1 unspecified atom stereocenters. The van der Waals surface area contributed by atoms with E-state index in [1.165, 1.54) is 13.2 Å². The van der Waals surface area contributed by atoms with Crippen molar-refractivity contribution in [2.24, 2.45) is 5.92 Å². The first-order valence-corrected chi connectivity index (χ1v) is 5.54. The minimum absolute atomic E-state index is 0.0679. The SMILES string of the molecule is COc1ccc([N+](=O)[O-])c(NC(C)C(C)C)c1. The van der Waals surface area contributed by atoms with Gasteiger partial charge in [-0.1, -0.05) is 13.8 Å². The maximum atomic E-state index is 10.9. The second-order valence-corrected chi connectivity index (χ2v) is 4.32. The van der Waals surface area contributed by atoms with Gasteiger partial charge in [0.05, 0.1) is 12.0 Å². The largest absolute Gasteiger partial charge is 0.497 e. The molecule has 5 nitrogen and oxygen atoms in total. The van der Waals surface area contributed by atoms with Crippen LogP contribution in [-0.4, -0.2) is 18.1 Å². The summed E-state index contributed by atoms with van der Waals surface area (Å²) >= 11 is 0. The molecule has 0 aliphatic rings. The summed E-state index contributed by atoms with van der Waals surface area (Å²) in [6, 6.07) is 4.84. The van der Waals surface area contributed by atoms with Crippen molar-refractivity contribution in [2.45, 2.75) is 26.8 Å². The van der Waals surface area contributed by atoms with Crippen LogP contribution < -0.4 is 10.1 Å². The number of benzene rings is 1. The molecule has 1 aromatic rings. The fraction of sp³-hybridized carbons (Fsp3) is 0.500. The minimum atomic E-state index is -0.394. The van der Waals surface area contributed by atoms with E-state index in [4.69, 9.17) is 4.74 Å². The Morgan fingerprint density at radius 2 is 2.00 bits per heavy atom. The molecule has 0 fully saturated rings. The summed E-state index contributed by atoms with van der Waals surface area (Å²) < 4.78 is 5.07.